The molecule has 0 saturated heterocycles. The number of aromatic nitrogens is 1. The van der Waals surface area contributed by atoms with Crippen molar-refractivity contribution in [2.24, 2.45) is 0 Å². The number of nitro groups is 1. The van der Waals surface area contributed by atoms with Crippen LogP contribution >= 0.6 is 12.2 Å². The van der Waals surface area contributed by atoms with Gasteiger partial charge in [-0.1, -0.05) is 18.2 Å². The first kappa shape index (κ1) is 18.1. The van der Waals surface area contributed by atoms with Crippen LogP contribution in [0, 0.1) is 15.9 Å². The van der Waals surface area contributed by atoms with Crippen LogP contribution in [0.3, 0.4) is 0 Å². The van der Waals surface area contributed by atoms with Gasteiger partial charge in [-0.3, -0.25) is 10.1 Å². The second-order valence-corrected chi connectivity index (χ2v) is 6.90. The lowest BCUT2D eigenvalue weighted by Gasteiger charge is -2.39. The normalized spacial score (nSPS) is 15.8. The smallest absolute Gasteiger partial charge is 0.269 e. The summed E-state index contributed by atoms with van der Waals surface area (Å²) in [6.07, 6.45) is 1.99. The minimum atomic E-state index is -0.404. The van der Waals surface area contributed by atoms with E-state index in [1.807, 2.05) is 29.3 Å². The molecule has 28 heavy (non-hydrogen) atoms. The Morgan fingerprint density at radius 3 is 2.75 bits per heavy atom. The molecule has 1 aromatic heterocycles. The molecule has 2 heterocycles. The summed E-state index contributed by atoms with van der Waals surface area (Å²) in [5.41, 5.74) is 2.36. The Morgan fingerprint density at radius 1 is 1.14 bits per heavy atom. The number of non-ortho nitro benzene ring substituents is 1. The Labute approximate surface area is 166 Å². The summed E-state index contributed by atoms with van der Waals surface area (Å²) < 4.78 is 15.6. The van der Waals surface area contributed by atoms with Crippen molar-refractivity contribution in [1.29, 1.82) is 0 Å². The maximum atomic E-state index is 13.5. The lowest BCUT2D eigenvalue weighted by atomic mass is 10.00. The van der Waals surface area contributed by atoms with Crippen molar-refractivity contribution in [2.75, 3.05) is 11.9 Å². The van der Waals surface area contributed by atoms with Crippen molar-refractivity contribution in [3.8, 4) is 0 Å². The van der Waals surface area contributed by atoms with E-state index in [0.717, 1.165) is 17.8 Å². The summed E-state index contributed by atoms with van der Waals surface area (Å²) in [4.78, 5) is 12.8. The molecule has 4 rings (SSSR count). The molecular weight excluding hydrogens is 379 g/mol. The minimum absolute atomic E-state index is 0.0325. The highest BCUT2D eigenvalue weighted by Crippen LogP contribution is 2.34. The van der Waals surface area contributed by atoms with Crippen LogP contribution in [-0.4, -0.2) is 26.0 Å². The average molecular weight is 396 g/mol. The second kappa shape index (κ2) is 7.40. The van der Waals surface area contributed by atoms with Crippen molar-refractivity contribution in [3.63, 3.8) is 0 Å². The Morgan fingerprint density at radius 2 is 1.96 bits per heavy atom. The summed E-state index contributed by atoms with van der Waals surface area (Å²) in [5, 5.41) is 14.8. The lowest BCUT2D eigenvalue weighted by molar-refractivity contribution is -0.384. The molecule has 0 unspecified atom stereocenters. The van der Waals surface area contributed by atoms with Gasteiger partial charge in [0.1, 0.15) is 5.82 Å². The molecule has 1 aliphatic rings. The molecule has 8 heteroatoms. The molecule has 3 aromatic rings. The van der Waals surface area contributed by atoms with Crippen LogP contribution in [0.5, 0.6) is 0 Å². The maximum absolute atomic E-state index is 13.5. The quantitative estimate of drug-likeness (QED) is 0.405. The van der Waals surface area contributed by atoms with Crippen LogP contribution < -0.4 is 5.32 Å². The lowest BCUT2D eigenvalue weighted by Crippen LogP contribution is -2.44. The molecule has 1 aliphatic heterocycles. The fourth-order valence-electron chi connectivity index (χ4n) is 3.52. The number of rotatable bonds is 3. The molecule has 2 aromatic carbocycles. The van der Waals surface area contributed by atoms with E-state index in [1.54, 1.807) is 24.3 Å². The fraction of sp³-hybridized carbons (Fsp3) is 0.150. The molecule has 0 aliphatic carbocycles. The average Bonchev–Trinajstić information content (AvgIpc) is 3.16. The Balaban J connectivity index is 1.70. The number of hydrogen-bond acceptors (Lipinski definition) is 3. The van der Waals surface area contributed by atoms with Gasteiger partial charge in [-0.2, -0.15) is 0 Å². The SMILES string of the molecule is O=[N+]([O-])c1cccc([C@@H]2c3cccn3CCN2C(=S)Nc2cccc(F)c2)c1. The standard InChI is InChI=1S/C20H17FN4O2S/c21-15-5-2-6-16(13-15)22-20(28)24-11-10-23-9-3-8-18(23)19(24)14-4-1-7-17(12-14)25(26)27/h1-9,12-13,19H,10-11H2,(H,22,28)/t19-/m1/s1. The highest BCUT2D eigenvalue weighted by molar-refractivity contribution is 7.80. The third-order valence-corrected chi connectivity index (χ3v) is 5.11. The molecule has 0 amide bonds. The van der Waals surface area contributed by atoms with Gasteiger partial charge >= 0.3 is 0 Å². The van der Waals surface area contributed by atoms with E-state index in [2.05, 4.69) is 9.88 Å². The van der Waals surface area contributed by atoms with E-state index < -0.39 is 4.92 Å². The van der Waals surface area contributed by atoms with Gasteiger partial charge < -0.3 is 14.8 Å². The number of nitrogens with zero attached hydrogens (tertiary/aromatic N) is 3. The van der Waals surface area contributed by atoms with Gasteiger partial charge in [-0.05, 0) is 48.1 Å². The van der Waals surface area contributed by atoms with Crippen LogP contribution in [0.2, 0.25) is 0 Å². The number of benzene rings is 2. The molecule has 1 N–H and O–H groups in total. The fourth-order valence-corrected chi connectivity index (χ4v) is 3.84. The molecule has 0 saturated carbocycles. The largest absolute Gasteiger partial charge is 0.348 e. The number of hydrogen-bond donors (Lipinski definition) is 1. The van der Waals surface area contributed by atoms with E-state index in [4.69, 9.17) is 12.2 Å². The first-order valence-electron chi connectivity index (χ1n) is 8.75. The predicted molar refractivity (Wildman–Crippen MR) is 109 cm³/mol. The van der Waals surface area contributed by atoms with Gasteiger partial charge in [0.25, 0.3) is 5.69 Å². The molecule has 0 fully saturated rings. The van der Waals surface area contributed by atoms with Crippen LogP contribution in [-0.2, 0) is 6.54 Å². The Hall–Kier alpha value is -3.26. The third-order valence-electron chi connectivity index (χ3n) is 4.77. The van der Waals surface area contributed by atoms with Gasteiger partial charge in [-0.25, -0.2) is 4.39 Å². The van der Waals surface area contributed by atoms with E-state index >= 15 is 0 Å². The van der Waals surface area contributed by atoms with E-state index in [0.29, 0.717) is 17.3 Å². The zero-order chi connectivity index (χ0) is 19.7. The van der Waals surface area contributed by atoms with E-state index in [1.165, 1.54) is 18.2 Å². The first-order valence-corrected chi connectivity index (χ1v) is 9.16. The van der Waals surface area contributed by atoms with Gasteiger partial charge in [-0.15, -0.1) is 0 Å². The van der Waals surface area contributed by atoms with Crippen LogP contribution in [0.1, 0.15) is 17.3 Å². The third kappa shape index (κ3) is 3.46. The van der Waals surface area contributed by atoms with Crippen molar-refractivity contribution in [2.45, 2.75) is 12.6 Å². The van der Waals surface area contributed by atoms with E-state index in [9.17, 15) is 14.5 Å². The molecule has 1 atom stereocenters. The summed E-state index contributed by atoms with van der Waals surface area (Å²) in [6.45, 7) is 1.36. The zero-order valence-corrected chi connectivity index (χ0v) is 15.6. The maximum Gasteiger partial charge on any atom is 0.269 e. The number of thiocarbonyl (C=S) groups is 1. The zero-order valence-electron chi connectivity index (χ0n) is 14.8. The van der Waals surface area contributed by atoms with Gasteiger partial charge in [0.15, 0.2) is 5.11 Å². The molecule has 0 bridgehead atoms. The topological polar surface area (TPSA) is 63.3 Å². The summed E-state index contributed by atoms with van der Waals surface area (Å²) >= 11 is 5.61. The van der Waals surface area contributed by atoms with Crippen molar-refractivity contribution in [1.82, 2.24) is 9.47 Å². The summed E-state index contributed by atoms with van der Waals surface area (Å²) in [5.74, 6) is -0.351. The number of nitrogens with one attached hydrogen (secondary N) is 1. The second-order valence-electron chi connectivity index (χ2n) is 6.51. The van der Waals surface area contributed by atoms with Gasteiger partial charge in [0.2, 0.25) is 0 Å². The Kier molecular flexibility index (Phi) is 4.79. The molecule has 142 valence electrons. The van der Waals surface area contributed by atoms with Crippen LogP contribution in [0.4, 0.5) is 15.8 Å². The number of nitro benzene ring substituents is 1. The highest BCUT2D eigenvalue weighted by atomic mass is 32.1. The van der Waals surface area contributed by atoms with E-state index in [-0.39, 0.29) is 17.5 Å². The van der Waals surface area contributed by atoms with Gasteiger partial charge in [0.05, 0.1) is 11.0 Å². The van der Waals surface area contributed by atoms with Crippen LogP contribution in [0.25, 0.3) is 0 Å². The van der Waals surface area contributed by atoms with Crippen LogP contribution in [0.15, 0.2) is 66.9 Å². The highest BCUT2D eigenvalue weighted by Gasteiger charge is 2.31. The minimum Gasteiger partial charge on any atom is -0.348 e. The Bertz CT molecular complexity index is 1050. The number of halogens is 1. The molecule has 6 nitrogen and oxygen atoms in total. The van der Waals surface area contributed by atoms with Crippen molar-refractivity contribution < 1.29 is 9.31 Å². The molecular formula is C20H17FN4O2S. The van der Waals surface area contributed by atoms with Crippen molar-refractivity contribution in [3.05, 3.63) is 94.0 Å². The van der Waals surface area contributed by atoms with Gasteiger partial charge in [0, 0.05) is 42.8 Å². The summed E-state index contributed by atoms with van der Waals surface area (Å²) in [7, 11) is 0. The predicted octanol–water partition coefficient (Wildman–Crippen LogP) is 4.34. The number of fused-ring (bicyclic) bond motifs is 1. The van der Waals surface area contributed by atoms with Crippen molar-refractivity contribution >= 4 is 28.7 Å². The first-order chi connectivity index (χ1) is 13.5. The summed E-state index contributed by atoms with van der Waals surface area (Å²) in [6, 6.07) is 16.3. The molecule has 0 radical (unpaired) electrons. The molecule has 0 spiro atoms. The monoisotopic (exact) mass is 396 g/mol. The number of anilines is 1.